The van der Waals surface area contributed by atoms with E-state index >= 15 is 0 Å². The molecular weight excluding hydrogens is 302 g/mol. The Morgan fingerprint density at radius 1 is 1.32 bits per heavy atom. The second-order valence-corrected chi connectivity index (χ2v) is 5.84. The van der Waals surface area contributed by atoms with Gasteiger partial charge in [0.25, 0.3) is 5.91 Å². The highest BCUT2D eigenvalue weighted by atomic mass is 32.2. The highest BCUT2D eigenvalue weighted by molar-refractivity contribution is 7.98. The number of carbonyl (C=O) groups is 1. The summed E-state index contributed by atoms with van der Waals surface area (Å²) in [6.07, 6.45) is 0. The van der Waals surface area contributed by atoms with Gasteiger partial charge in [-0.2, -0.15) is 16.9 Å². The SMILES string of the molecule is COCC(=O)Nc1c2c(nn1-c1ccc(OC)cc1)CSC2. The molecule has 22 heavy (non-hydrogen) atoms. The van der Waals surface area contributed by atoms with E-state index in [1.165, 1.54) is 7.11 Å². The number of carbonyl (C=O) groups excluding carboxylic acids is 1. The molecule has 0 unspecified atom stereocenters. The minimum atomic E-state index is -0.183. The van der Waals surface area contributed by atoms with Crippen LogP contribution < -0.4 is 10.1 Å². The van der Waals surface area contributed by atoms with Crippen molar-refractivity contribution < 1.29 is 14.3 Å². The number of rotatable bonds is 5. The van der Waals surface area contributed by atoms with Gasteiger partial charge in [0.2, 0.25) is 0 Å². The number of nitrogens with one attached hydrogen (secondary N) is 1. The first-order valence-corrected chi connectivity index (χ1v) is 8.00. The van der Waals surface area contributed by atoms with Gasteiger partial charge in [0.15, 0.2) is 0 Å². The largest absolute Gasteiger partial charge is 0.497 e. The van der Waals surface area contributed by atoms with E-state index in [0.29, 0.717) is 0 Å². The summed E-state index contributed by atoms with van der Waals surface area (Å²) in [5, 5.41) is 7.54. The molecule has 3 rings (SSSR count). The Morgan fingerprint density at radius 3 is 2.77 bits per heavy atom. The Labute approximate surface area is 132 Å². The maximum atomic E-state index is 11.9. The molecule has 0 bridgehead atoms. The van der Waals surface area contributed by atoms with Gasteiger partial charge >= 0.3 is 0 Å². The van der Waals surface area contributed by atoms with Gasteiger partial charge in [-0.25, -0.2) is 4.68 Å². The molecule has 6 nitrogen and oxygen atoms in total. The van der Waals surface area contributed by atoms with Crippen LogP contribution in [0.3, 0.4) is 0 Å². The van der Waals surface area contributed by atoms with Gasteiger partial charge in [-0.1, -0.05) is 0 Å². The second-order valence-electron chi connectivity index (χ2n) is 4.86. The van der Waals surface area contributed by atoms with E-state index in [-0.39, 0.29) is 12.5 Å². The lowest BCUT2D eigenvalue weighted by Gasteiger charge is -2.11. The normalized spacial score (nSPS) is 13.0. The van der Waals surface area contributed by atoms with Crippen LogP contribution >= 0.6 is 11.8 Å². The van der Waals surface area contributed by atoms with Crippen LogP contribution in [0.1, 0.15) is 11.3 Å². The summed E-state index contributed by atoms with van der Waals surface area (Å²) in [7, 11) is 3.13. The minimum Gasteiger partial charge on any atom is -0.497 e. The number of amides is 1. The van der Waals surface area contributed by atoms with E-state index in [4.69, 9.17) is 9.47 Å². The van der Waals surface area contributed by atoms with Crippen molar-refractivity contribution in [2.24, 2.45) is 0 Å². The monoisotopic (exact) mass is 319 g/mol. The zero-order valence-electron chi connectivity index (χ0n) is 12.5. The molecule has 1 aliphatic heterocycles. The molecule has 0 fully saturated rings. The number of methoxy groups -OCH3 is 2. The molecule has 0 radical (unpaired) electrons. The Morgan fingerprint density at radius 2 is 2.09 bits per heavy atom. The van der Waals surface area contributed by atoms with E-state index in [1.54, 1.807) is 23.6 Å². The number of hydrogen-bond donors (Lipinski definition) is 1. The van der Waals surface area contributed by atoms with E-state index in [2.05, 4.69) is 10.4 Å². The summed E-state index contributed by atoms with van der Waals surface area (Å²) in [5.41, 5.74) is 2.99. The number of benzene rings is 1. The molecular formula is C15H17N3O3S. The number of thioether (sulfide) groups is 1. The zero-order valence-corrected chi connectivity index (χ0v) is 13.3. The molecule has 0 spiro atoms. The quantitative estimate of drug-likeness (QED) is 0.915. The van der Waals surface area contributed by atoms with Crippen LogP contribution in [0, 0.1) is 0 Å². The first-order valence-electron chi connectivity index (χ1n) is 6.84. The summed E-state index contributed by atoms with van der Waals surface area (Å²) in [5.74, 6) is 3.05. The Hall–Kier alpha value is -1.99. The second kappa shape index (κ2) is 6.41. The van der Waals surface area contributed by atoms with Crippen molar-refractivity contribution in [2.75, 3.05) is 26.1 Å². The molecule has 1 aromatic carbocycles. The van der Waals surface area contributed by atoms with E-state index in [0.717, 1.165) is 40.0 Å². The van der Waals surface area contributed by atoms with Crippen molar-refractivity contribution in [1.29, 1.82) is 0 Å². The predicted octanol–water partition coefficient (Wildman–Crippen LogP) is 2.21. The van der Waals surface area contributed by atoms with Crippen molar-refractivity contribution in [3.63, 3.8) is 0 Å². The molecule has 0 aliphatic carbocycles. The van der Waals surface area contributed by atoms with Gasteiger partial charge in [0.1, 0.15) is 18.2 Å². The molecule has 1 amide bonds. The third-order valence-electron chi connectivity index (χ3n) is 3.40. The number of ether oxygens (including phenoxy) is 2. The molecule has 2 heterocycles. The van der Waals surface area contributed by atoms with Crippen molar-refractivity contribution >= 4 is 23.5 Å². The fraction of sp³-hybridized carbons (Fsp3) is 0.333. The fourth-order valence-electron chi connectivity index (χ4n) is 2.35. The van der Waals surface area contributed by atoms with E-state index in [9.17, 15) is 4.79 Å². The molecule has 1 aliphatic rings. The summed E-state index contributed by atoms with van der Waals surface area (Å²) < 4.78 is 11.8. The highest BCUT2D eigenvalue weighted by Gasteiger charge is 2.24. The van der Waals surface area contributed by atoms with Gasteiger partial charge in [0.05, 0.1) is 18.5 Å². The van der Waals surface area contributed by atoms with Gasteiger partial charge in [0, 0.05) is 24.2 Å². The van der Waals surface area contributed by atoms with Gasteiger partial charge < -0.3 is 14.8 Å². The van der Waals surface area contributed by atoms with Crippen LogP contribution in [0.15, 0.2) is 24.3 Å². The number of hydrogen-bond acceptors (Lipinski definition) is 5. The number of anilines is 1. The summed E-state index contributed by atoms with van der Waals surface area (Å²) in [6, 6.07) is 7.58. The molecule has 1 N–H and O–H groups in total. The first-order chi connectivity index (χ1) is 10.7. The maximum absolute atomic E-state index is 11.9. The lowest BCUT2D eigenvalue weighted by atomic mass is 10.2. The molecule has 0 atom stereocenters. The topological polar surface area (TPSA) is 65.4 Å². The van der Waals surface area contributed by atoms with Gasteiger partial charge in [-0.15, -0.1) is 0 Å². The summed E-state index contributed by atoms with van der Waals surface area (Å²) in [4.78, 5) is 11.9. The summed E-state index contributed by atoms with van der Waals surface area (Å²) >= 11 is 1.80. The van der Waals surface area contributed by atoms with Gasteiger partial charge in [-0.3, -0.25) is 4.79 Å². The average Bonchev–Trinajstić information content (AvgIpc) is 3.10. The van der Waals surface area contributed by atoms with Crippen LogP contribution in [0.2, 0.25) is 0 Å². The molecule has 7 heteroatoms. The average molecular weight is 319 g/mol. The van der Waals surface area contributed by atoms with Crippen LogP contribution in [0.5, 0.6) is 5.75 Å². The number of aromatic nitrogens is 2. The van der Waals surface area contributed by atoms with Gasteiger partial charge in [-0.05, 0) is 24.3 Å². The third-order valence-corrected chi connectivity index (χ3v) is 4.37. The first kappa shape index (κ1) is 14.9. The number of fused-ring (bicyclic) bond motifs is 1. The lowest BCUT2D eigenvalue weighted by Crippen LogP contribution is -2.20. The smallest absolute Gasteiger partial charge is 0.251 e. The van der Waals surface area contributed by atoms with Crippen molar-refractivity contribution in [3.05, 3.63) is 35.5 Å². The van der Waals surface area contributed by atoms with E-state index < -0.39 is 0 Å². The van der Waals surface area contributed by atoms with Crippen molar-refractivity contribution in [1.82, 2.24) is 9.78 Å². The molecule has 2 aromatic rings. The molecule has 116 valence electrons. The maximum Gasteiger partial charge on any atom is 0.251 e. The van der Waals surface area contributed by atoms with Crippen LogP contribution in [-0.2, 0) is 21.0 Å². The Balaban J connectivity index is 1.97. The van der Waals surface area contributed by atoms with Crippen molar-refractivity contribution in [2.45, 2.75) is 11.5 Å². The molecule has 1 aromatic heterocycles. The highest BCUT2D eigenvalue weighted by Crippen LogP contribution is 2.36. The van der Waals surface area contributed by atoms with Crippen molar-refractivity contribution in [3.8, 4) is 11.4 Å². The van der Waals surface area contributed by atoms with E-state index in [1.807, 2.05) is 24.3 Å². The zero-order chi connectivity index (χ0) is 15.5. The van der Waals surface area contributed by atoms with Crippen LogP contribution in [-0.4, -0.2) is 36.5 Å². The van der Waals surface area contributed by atoms with Crippen LogP contribution in [0.4, 0.5) is 5.82 Å². The minimum absolute atomic E-state index is 0.0235. The third kappa shape index (κ3) is 2.82. The lowest BCUT2D eigenvalue weighted by molar-refractivity contribution is -0.119. The fourth-order valence-corrected chi connectivity index (χ4v) is 3.39. The predicted molar refractivity (Wildman–Crippen MR) is 85.6 cm³/mol. The standard InChI is InChI=1S/C15H17N3O3S/c1-20-7-14(19)16-15-12-8-22-9-13(12)17-18(15)10-3-5-11(21-2)6-4-10/h3-6H,7-9H2,1-2H3,(H,16,19). The molecule has 0 saturated heterocycles. The molecule has 0 saturated carbocycles. The summed E-state index contributed by atoms with van der Waals surface area (Å²) in [6.45, 7) is 0.0235. The van der Waals surface area contributed by atoms with Crippen LogP contribution in [0.25, 0.3) is 5.69 Å². The number of nitrogens with zero attached hydrogens (tertiary/aromatic N) is 2. The Kier molecular flexibility index (Phi) is 4.35. The Bertz CT molecular complexity index is 682.